The molecule has 2 aromatic carbocycles. The minimum Gasteiger partial charge on any atom is -0.423 e. The number of pyridine rings is 1. The van der Waals surface area contributed by atoms with Crippen LogP contribution in [0.1, 0.15) is 44.1 Å². The number of rotatable bonds is 4. The SMILES string of the molecule is C[C@@H](Nc1nc2ccc(Cl)cc2o1)C1CCC(c2ccnc3ccc(F)cc23)CC1. The molecule has 0 unspecified atom stereocenters. The van der Waals surface area contributed by atoms with E-state index in [9.17, 15) is 4.39 Å². The lowest BCUT2D eigenvalue weighted by atomic mass is 9.75. The maximum atomic E-state index is 13.8. The summed E-state index contributed by atoms with van der Waals surface area (Å²) in [4.78, 5) is 8.90. The molecule has 0 bridgehead atoms. The molecule has 0 saturated heterocycles. The summed E-state index contributed by atoms with van der Waals surface area (Å²) in [7, 11) is 0. The molecule has 2 aromatic heterocycles. The average molecular weight is 424 g/mol. The topological polar surface area (TPSA) is 51.0 Å². The largest absolute Gasteiger partial charge is 0.423 e. The molecule has 6 heteroatoms. The smallest absolute Gasteiger partial charge is 0.295 e. The standard InChI is InChI=1S/C24H23ClFN3O/c1-14(28-24-29-22-8-6-17(25)12-23(22)30-24)15-2-4-16(5-3-15)19-10-11-27-21-9-7-18(26)13-20(19)21/h6-16H,2-5H2,1H3,(H,28,29)/t14-,15?,16?/m1/s1. The third-order valence-electron chi connectivity index (χ3n) is 6.36. The van der Waals surface area contributed by atoms with Crippen LogP contribution in [-0.4, -0.2) is 16.0 Å². The van der Waals surface area contributed by atoms with E-state index in [2.05, 4.69) is 28.3 Å². The molecule has 0 aliphatic heterocycles. The highest BCUT2D eigenvalue weighted by Gasteiger charge is 2.28. The summed E-state index contributed by atoms with van der Waals surface area (Å²) in [5.74, 6) is 0.764. The van der Waals surface area contributed by atoms with E-state index in [1.54, 1.807) is 18.2 Å². The van der Waals surface area contributed by atoms with Crippen LogP contribution in [0.4, 0.5) is 10.4 Å². The zero-order valence-corrected chi connectivity index (χ0v) is 17.5. The molecule has 2 heterocycles. The van der Waals surface area contributed by atoms with Gasteiger partial charge in [-0.25, -0.2) is 4.39 Å². The Morgan fingerprint density at radius 1 is 1.07 bits per heavy atom. The Balaban J connectivity index is 1.27. The minimum absolute atomic E-state index is 0.206. The molecule has 1 atom stereocenters. The van der Waals surface area contributed by atoms with E-state index in [0.717, 1.165) is 42.1 Å². The minimum atomic E-state index is -0.206. The average Bonchev–Trinajstić information content (AvgIpc) is 3.14. The number of aromatic nitrogens is 2. The van der Waals surface area contributed by atoms with Crippen molar-refractivity contribution in [3.8, 4) is 0 Å². The van der Waals surface area contributed by atoms with E-state index in [4.69, 9.17) is 16.0 Å². The first-order valence-electron chi connectivity index (χ1n) is 10.4. The maximum Gasteiger partial charge on any atom is 0.295 e. The second kappa shape index (κ2) is 7.88. The Labute approximate surface area is 179 Å². The number of hydrogen-bond donors (Lipinski definition) is 1. The first-order chi connectivity index (χ1) is 14.6. The number of benzene rings is 2. The molecule has 0 amide bonds. The van der Waals surface area contributed by atoms with Crippen LogP contribution in [0.2, 0.25) is 5.02 Å². The quantitative estimate of drug-likeness (QED) is 0.386. The van der Waals surface area contributed by atoms with Crippen molar-refractivity contribution in [2.45, 2.75) is 44.6 Å². The maximum absolute atomic E-state index is 13.8. The second-order valence-corrected chi connectivity index (χ2v) is 8.67. The van der Waals surface area contributed by atoms with Gasteiger partial charge in [-0.1, -0.05) is 11.6 Å². The van der Waals surface area contributed by atoms with Crippen molar-refractivity contribution < 1.29 is 8.81 Å². The third kappa shape index (κ3) is 3.74. The van der Waals surface area contributed by atoms with Crippen molar-refractivity contribution in [1.29, 1.82) is 0 Å². The van der Waals surface area contributed by atoms with E-state index < -0.39 is 0 Å². The van der Waals surface area contributed by atoms with E-state index in [1.165, 1.54) is 11.6 Å². The van der Waals surface area contributed by atoms with Crippen molar-refractivity contribution in [2.75, 3.05) is 5.32 Å². The van der Waals surface area contributed by atoms with Gasteiger partial charge in [-0.2, -0.15) is 4.98 Å². The summed E-state index contributed by atoms with van der Waals surface area (Å²) >= 11 is 6.03. The molecule has 0 spiro atoms. The van der Waals surface area contributed by atoms with E-state index in [0.29, 0.717) is 28.5 Å². The molecule has 154 valence electrons. The van der Waals surface area contributed by atoms with Crippen molar-refractivity contribution in [3.63, 3.8) is 0 Å². The Hall–Kier alpha value is -2.66. The molecular weight excluding hydrogens is 401 g/mol. The Morgan fingerprint density at radius 3 is 2.70 bits per heavy atom. The lowest BCUT2D eigenvalue weighted by Crippen LogP contribution is -2.29. The van der Waals surface area contributed by atoms with E-state index in [1.807, 2.05) is 18.3 Å². The molecule has 1 N–H and O–H groups in total. The van der Waals surface area contributed by atoms with Crippen LogP contribution in [0.25, 0.3) is 22.0 Å². The molecule has 1 aliphatic rings. The number of nitrogens with one attached hydrogen (secondary N) is 1. The molecule has 30 heavy (non-hydrogen) atoms. The highest BCUT2D eigenvalue weighted by Crippen LogP contribution is 2.40. The van der Waals surface area contributed by atoms with Crippen LogP contribution < -0.4 is 5.32 Å². The first kappa shape index (κ1) is 19.3. The Kier molecular flexibility index (Phi) is 5.07. The van der Waals surface area contributed by atoms with Crippen molar-refractivity contribution in [1.82, 2.24) is 9.97 Å². The van der Waals surface area contributed by atoms with Crippen molar-refractivity contribution in [3.05, 3.63) is 65.1 Å². The monoisotopic (exact) mass is 423 g/mol. The lowest BCUT2D eigenvalue weighted by Gasteiger charge is -2.33. The van der Waals surface area contributed by atoms with Gasteiger partial charge >= 0.3 is 0 Å². The molecule has 1 saturated carbocycles. The summed E-state index contributed by atoms with van der Waals surface area (Å²) in [6.07, 6.45) is 6.20. The number of nitrogens with zero attached hydrogens (tertiary/aromatic N) is 2. The fraction of sp³-hybridized carbons (Fsp3) is 0.333. The van der Waals surface area contributed by atoms with Crippen LogP contribution >= 0.6 is 11.6 Å². The highest BCUT2D eigenvalue weighted by atomic mass is 35.5. The second-order valence-electron chi connectivity index (χ2n) is 8.24. The fourth-order valence-corrected chi connectivity index (χ4v) is 4.86. The van der Waals surface area contributed by atoms with Crippen LogP contribution in [-0.2, 0) is 0 Å². The zero-order chi connectivity index (χ0) is 20.7. The molecule has 1 aliphatic carbocycles. The van der Waals surface area contributed by atoms with E-state index >= 15 is 0 Å². The molecule has 1 fully saturated rings. The summed E-state index contributed by atoms with van der Waals surface area (Å²) in [6.45, 7) is 2.18. The van der Waals surface area contributed by atoms with Gasteiger partial charge in [-0.3, -0.25) is 4.98 Å². The van der Waals surface area contributed by atoms with Gasteiger partial charge in [0.15, 0.2) is 5.58 Å². The zero-order valence-electron chi connectivity index (χ0n) is 16.7. The van der Waals surface area contributed by atoms with Crippen LogP contribution in [0, 0.1) is 11.7 Å². The predicted molar refractivity (Wildman–Crippen MR) is 119 cm³/mol. The van der Waals surface area contributed by atoms with Gasteiger partial charge < -0.3 is 9.73 Å². The van der Waals surface area contributed by atoms with Crippen LogP contribution in [0.3, 0.4) is 0 Å². The van der Waals surface area contributed by atoms with Gasteiger partial charge in [-0.05, 0) is 86.4 Å². The van der Waals surface area contributed by atoms with Gasteiger partial charge in [0.2, 0.25) is 0 Å². The number of halogens is 2. The summed E-state index contributed by atoms with van der Waals surface area (Å²) in [5.41, 5.74) is 3.57. The van der Waals surface area contributed by atoms with E-state index in [-0.39, 0.29) is 11.9 Å². The van der Waals surface area contributed by atoms with Crippen molar-refractivity contribution >= 4 is 39.6 Å². The summed E-state index contributed by atoms with van der Waals surface area (Å²) in [6, 6.07) is 13.2. The number of oxazole rings is 1. The highest BCUT2D eigenvalue weighted by molar-refractivity contribution is 6.31. The number of anilines is 1. The fourth-order valence-electron chi connectivity index (χ4n) is 4.70. The van der Waals surface area contributed by atoms with Gasteiger partial charge in [0.25, 0.3) is 6.01 Å². The molecule has 0 radical (unpaired) electrons. The normalized spacial score (nSPS) is 20.5. The predicted octanol–water partition coefficient (Wildman–Crippen LogP) is 6.94. The number of hydrogen-bond acceptors (Lipinski definition) is 4. The number of fused-ring (bicyclic) bond motifs is 2. The van der Waals surface area contributed by atoms with Gasteiger partial charge in [0, 0.05) is 28.7 Å². The van der Waals surface area contributed by atoms with Crippen LogP contribution in [0.15, 0.2) is 53.1 Å². The molecule has 5 rings (SSSR count). The Morgan fingerprint density at radius 2 is 1.87 bits per heavy atom. The summed E-state index contributed by atoms with van der Waals surface area (Å²) < 4.78 is 19.6. The first-order valence-corrected chi connectivity index (χ1v) is 10.8. The van der Waals surface area contributed by atoms with Crippen LogP contribution in [0.5, 0.6) is 0 Å². The summed E-state index contributed by atoms with van der Waals surface area (Å²) in [5, 5.41) is 5.01. The third-order valence-corrected chi connectivity index (χ3v) is 6.59. The van der Waals surface area contributed by atoms with Gasteiger partial charge in [-0.15, -0.1) is 0 Å². The van der Waals surface area contributed by atoms with Gasteiger partial charge in [0.05, 0.1) is 5.52 Å². The Bertz CT molecular complexity index is 1200. The molecular formula is C24H23ClFN3O. The molecule has 4 aromatic rings. The van der Waals surface area contributed by atoms with Gasteiger partial charge in [0.1, 0.15) is 11.3 Å². The van der Waals surface area contributed by atoms with Crippen molar-refractivity contribution in [2.24, 2.45) is 5.92 Å². The molecule has 4 nitrogen and oxygen atoms in total. The lowest BCUT2D eigenvalue weighted by molar-refractivity contribution is 0.299.